The number of carbonyl (C=O) groups is 1. The lowest BCUT2D eigenvalue weighted by Gasteiger charge is -2.35. The Kier molecular flexibility index (Phi) is 4.38. The molecule has 4 rings (SSSR count). The van der Waals surface area contributed by atoms with E-state index in [1.54, 1.807) is 12.5 Å². The fraction of sp³-hybridized carbons (Fsp3) is 0.556. The number of hydrogen-bond donors (Lipinski definition) is 0. The van der Waals surface area contributed by atoms with E-state index in [9.17, 15) is 4.79 Å². The van der Waals surface area contributed by atoms with Crippen LogP contribution in [0.1, 0.15) is 43.0 Å². The highest BCUT2D eigenvalue weighted by Gasteiger charge is 2.31. The number of amides is 2. The topological polar surface area (TPSA) is 75.4 Å². The Morgan fingerprint density at radius 3 is 2.76 bits per heavy atom. The normalized spacial score (nSPS) is 20.9. The molecule has 2 saturated heterocycles. The SMILES string of the molecule is Cc1cc(-c2cncnc2C2CCCN(C(=O)N3CCCC3)C2)on1. The summed E-state index contributed by atoms with van der Waals surface area (Å²) in [6.07, 6.45) is 7.59. The Bertz CT molecular complexity index is 753. The highest BCUT2D eigenvalue weighted by atomic mass is 16.5. The first-order valence-corrected chi connectivity index (χ1v) is 9.00. The molecule has 2 fully saturated rings. The van der Waals surface area contributed by atoms with E-state index >= 15 is 0 Å². The molecule has 0 saturated carbocycles. The van der Waals surface area contributed by atoms with E-state index in [4.69, 9.17) is 4.52 Å². The van der Waals surface area contributed by atoms with E-state index in [1.807, 2.05) is 22.8 Å². The smallest absolute Gasteiger partial charge is 0.320 e. The van der Waals surface area contributed by atoms with E-state index in [2.05, 4.69) is 15.1 Å². The third-order valence-electron chi connectivity index (χ3n) is 5.09. The van der Waals surface area contributed by atoms with Crippen molar-refractivity contribution in [2.24, 2.45) is 0 Å². The Morgan fingerprint density at radius 1 is 1.20 bits per heavy atom. The quantitative estimate of drug-likeness (QED) is 0.839. The van der Waals surface area contributed by atoms with Crippen molar-refractivity contribution in [3.05, 3.63) is 30.0 Å². The summed E-state index contributed by atoms with van der Waals surface area (Å²) in [7, 11) is 0. The van der Waals surface area contributed by atoms with E-state index in [0.29, 0.717) is 12.3 Å². The standard InChI is InChI=1S/C18H23N5O2/c1-13-9-16(25-21-13)15-10-19-12-20-17(15)14-5-4-8-23(11-14)18(24)22-6-2-3-7-22/h9-10,12,14H,2-8,11H2,1H3. The van der Waals surface area contributed by atoms with Gasteiger partial charge in [0.2, 0.25) is 0 Å². The number of aromatic nitrogens is 3. The molecule has 4 heterocycles. The number of hydrogen-bond acceptors (Lipinski definition) is 5. The predicted octanol–water partition coefficient (Wildman–Crippen LogP) is 2.84. The Balaban J connectivity index is 1.56. The molecule has 0 radical (unpaired) electrons. The third kappa shape index (κ3) is 3.23. The van der Waals surface area contributed by atoms with Gasteiger partial charge < -0.3 is 14.3 Å². The first-order valence-electron chi connectivity index (χ1n) is 9.00. The number of rotatable bonds is 2. The summed E-state index contributed by atoms with van der Waals surface area (Å²) in [4.78, 5) is 25.4. The number of urea groups is 1. The minimum absolute atomic E-state index is 0.174. The molecule has 2 aliphatic heterocycles. The molecule has 0 aliphatic carbocycles. The molecule has 0 spiro atoms. The summed E-state index contributed by atoms with van der Waals surface area (Å²) in [5.74, 6) is 0.889. The second-order valence-corrected chi connectivity index (χ2v) is 6.92. The van der Waals surface area contributed by atoms with Gasteiger partial charge >= 0.3 is 6.03 Å². The maximum atomic E-state index is 12.7. The van der Waals surface area contributed by atoms with Crippen molar-refractivity contribution in [3.63, 3.8) is 0 Å². The summed E-state index contributed by atoms with van der Waals surface area (Å²) < 4.78 is 5.42. The summed E-state index contributed by atoms with van der Waals surface area (Å²) >= 11 is 0. The van der Waals surface area contributed by atoms with Crippen molar-refractivity contribution >= 4 is 6.03 Å². The molecular weight excluding hydrogens is 318 g/mol. The maximum absolute atomic E-state index is 12.7. The van der Waals surface area contributed by atoms with Crippen LogP contribution < -0.4 is 0 Å². The summed E-state index contributed by atoms with van der Waals surface area (Å²) in [5, 5.41) is 3.97. The Labute approximate surface area is 147 Å². The average Bonchev–Trinajstić information content (AvgIpc) is 3.33. The molecule has 132 valence electrons. The van der Waals surface area contributed by atoms with Gasteiger partial charge in [-0.15, -0.1) is 0 Å². The minimum Gasteiger partial charge on any atom is -0.356 e. The van der Waals surface area contributed by atoms with Crippen LogP contribution in [0.25, 0.3) is 11.3 Å². The molecule has 1 unspecified atom stereocenters. The second-order valence-electron chi connectivity index (χ2n) is 6.92. The number of piperidine rings is 1. The van der Waals surface area contributed by atoms with Crippen LogP contribution in [0.4, 0.5) is 4.79 Å². The van der Waals surface area contributed by atoms with Gasteiger partial charge in [-0.1, -0.05) is 5.16 Å². The van der Waals surface area contributed by atoms with Gasteiger partial charge in [-0.05, 0) is 32.6 Å². The first kappa shape index (κ1) is 16.1. The molecule has 2 aromatic heterocycles. The molecule has 7 heteroatoms. The zero-order valence-corrected chi connectivity index (χ0v) is 14.5. The lowest BCUT2D eigenvalue weighted by Crippen LogP contribution is -2.46. The van der Waals surface area contributed by atoms with Gasteiger partial charge in [0.25, 0.3) is 0 Å². The van der Waals surface area contributed by atoms with Gasteiger partial charge in [-0.2, -0.15) is 0 Å². The molecule has 7 nitrogen and oxygen atoms in total. The molecule has 0 N–H and O–H groups in total. The van der Waals surface area contributed by atoms with Gasteiger partial charge in [0.1, 0.15) is 6.33 Å². The Hall–Kier alpha value is -2.44. The summed E-state index contributed by atoms with van der Waals surface area (Å²) in [5.41, 5.74) is 2.66. The van der Waals surface area contributed by atoms with Crippen molar-refractivity contribution in [2.75, 3.05) is 26.2 Å². The highest BCUT2D eigenvalue weighted by Crippen LogP contribution is 2.33. The van der Waals surface area contributed by atoms with Gasteiger partial charge in [0.05, 0.1) is 17.0 Å². The second kappa shape index (κ2) is 6.82. The fourth-order valence-corrected chi connectivity index (χ4v) is 3.83. The lowest BCUT2D eigenvalue weighted by atomic mass is 9.91. The van der Waals surface area contributed by atoms with Crippen molar-refractivity contribution < 1.29 is 9.32 Å². The number of likely N-dealkylation sites (tertiary alicyclic amines) is 2. The van der Waals surface area contributed by atoms with E-state index in [-0.39, 0.29) is 11.9 Å². The van der Waals surface area contributed by atoms with Crippen LogP contribution in [0.3, 0.4) is 0 Å². The number of carbonyl (C=O) groups excluding carboxylic acids is 1. The predicted molar refractivity (Wildman–Crippen MR) is 92.0 cm³/mol. The maximum Gasteiger partial charge on any atom is 0.320 e. The molecule has 2 aromatic rings. The van der Waals surface area contributed by atoms with Crippen LogP contribution in [0.15, 0.2) is 23.1 Å². The number of nitrogens with zero attached hydrogens (tertiary/aromatic N) is 5. The van der Waals surface area contributed by atoms with Crippen molar-refractivity contribution in [3.8, 4) is 11.3 Å². The molecule has 0 aromatic carbocycles. The van der Waals surface area contributed by atoms with E-state index in [1.165, 1.54) is 0 Å². The molecule has 2 aliphatic rings. The fourth-order valence-electron chi connectivity index (χ4n) is 3.83. The van der Waals surface area contributed by atoms with Gasteiger partial charge in [-0.3, -0.25) is 0 Å². The lowest BCUT2D eigenvalue weighted by molar-refractivity contribution is 0.146. The van der Waals surface area contributed by atoms with Crippen LogP contribution in [-0.2, 0) is 0 Å². The summed E-state index contributed by atoms with van der Waals surface area (Å²) in [6, 6.07) is 2.08. The zero-order valence-electron chi connectivity index (χ0n) is 14.5. The third-order valence-corrected chi connectivity index (χ3v) is 5.09. The number of aryl methyl sites for hydroxylation is 1. The van der Waals surface area contributed by atoms with Crippen LogP contribution in [-0.4, -0.2) is 57.1 Å². The van der Waals surface area contributed by atoms with Crippen LogP contribution in [0, 0.1) is 6.92 Å². The average molecular weight is 341 g/mol. The minimum atomic E-state index is 0.174. The largest absolute Gasteiger partial charge is 0.356 e. The van der Waals surface area contributed by atoms with E-state index in [0.717, 1.165) is 62.3 Å². The summed E-state index contributed by atoms with van der Waals surface area (Å²) in [6.45, 7) is 5.19. The molecule has 1 atom stereocenters. The molecular formula is C18H23N5O2. The highest BCUT2D eigenvalue weighted by molar-refractivity contribution is 5.75. The van der Waals surface area contributed by atoms with Crippen molar-refractivity contribution in [2.45, 2.75) is 38.5 Å². The zero-order chi connectivity index (χ0) is 17.2. The van der Waals surface area contributed by atoms with Gasteiger partial charge in [0, 0.05) is 44.4 Å². The van der Waals surface area contributed by atoms with Gasteiger partial charge in [-0.25, -0.2) is 14.8 Å². The monoisotopic (exact) mass is 341 g/mol. The van der Waals surface area contributed by atoms with Gasteiger partial charge in [0.15, 0.2) is 5.76 Å². The van der Waals surface area contributed by atoms with Crippen molar-refractivity contribution in [1.29, 1.82) is 0 Å². The molecule has 25 heavy (non-hydrogen) atoms. The molecule has 2 amide bonds. The van der Waals surface area contributed by atoms with Crippen LogP contribution in [0.2, 0.25) is 0 Å². The first-order chi connectivity index (χ1) is 12.2. The molecule has 0 bridgehead atoms. The van der Waals surface area contributed by atoms with Crippen LogP contribution >= 0.6 is 0 Å². The van der Waals surface area contributed by atoms with Crippen LogP contribution in [0.5, 0.6) is 0 Å². The Morgan fingerprint density at radius 2 is 2.00 bits per heavy atom. The van der Waals surface area contributed by atoms with Crippen molar-refractivity contribution in [1.82, 2.24) is 24.9 Å². The van der Waals surface area contributed by atoms with E-state index < -0.39 is 0 Å².